The van der Waals surface area contributed by atoms with Crippen molar-refractivity contribution in [2.24, 2.45) is 12.0 Å². The van der Waals surface area contributed by atoms with Crippen molar-refractivity contribution in [3.63, 3.8) is 0 Å². The van der Waals surface area contributed by atoms with E-state index in [-0.39, 0.29) is 0 Å². The Morgan fingerprint density at radius 3 is 2.44 bits per heavy atom. The van der Waals surface area contributed by atoms with Gasteiger partial charge in [0.05, 0.1) is 11.4 Å². The van der Waals surface area contributed by atoms with Gasteiger partial charge < -0.3 is 4.57 Å². The van der Waals surface area contributed by atoms with Gasteiger partial charge in [-0.15, -0.1) is 0 Å². The van der Waals surface area contributed by atoms with E-state index in [1.54, 1.807) is 0 Å². The van der Waals surface area contributed by atoms with Crippen LogP contribution in [0.4, 0.5) is 0 Å². The molecule has 0 aliphatic rings. The Hall–Kier alpha value is -1.83. The molecule has 0 spiro atoms. The predicted octanol–water partition coefficient (Wildman–Crippen LogP) is 2.88. The number of aromatic nitrogens is 1. The maximum atomic E-state index is 4.59. The lowest BCUT2D eigenvalue weighted by Gasteiger charge is -2.08. The number of hydrogen-bond donors (Lipinski definition) is 0. The third-order valence-corrected chi connectivity index (χ3v) is 2.55. The van der Waals surface area contributed by atoms with Gasteiger partial charge >= 0.3 is 0 Å². The first-order valence-electron chi connectivity index (χ1n) is 5.54. The van der Waals surface area contributed by atoms with E-state index in [4.69, 9.17) is 0 Å². The Morgan fingerprint density at radius 1 is 1.12 bits per heavy atom. The molecule has 0 saturated carbocycles. The zero-order chi connectivity index (χ0) is 11.4. The van der Waals surface area contributed by atoms with E-state index in [2.05, 4.69) is 34.7 Å². The molecule has 2 heteroatoms. The van der Waals surface area contributed by atoms with Crippen LogP contribution in [-0.2, 0) is 7.05 Å². The molecule has 2 nitrogen and oxygen atoms in total. The van der Waals surface area contributed by atoms with Gasteiger partial charge in [-0.05, 0) is 19.1 Å². The zero-order valence-corrected chi connectivity index (χ0v) is 9.72. The molecule has 0 aliphatic heterocycles. The molecular formula is C14H16N2. The van der Waals surface area contributed by atoms with Crippen LogP contribution in [0.2, 0.25) is 0 Å². The van der Waals surface area contributed by atoms with Crippen LogP contribution in [0.15, 0.2) is 53.7 Å². The van der Waals surface area contributed by atoms with Gasteiger partial charge in [-0.3, -0.25) is 4.99 Å². The summed E-state index contributed by atoms with van der Waals surface area (Å²) in [4.78, 5) is 4.59. The van der Waals surface area contributed by atoms with Crippen molar-refractivity contribution in [1.29, 1.82) is 0 Å². The summed E-state index contributed by atoms with van der Waals surface area (Å²) in [5.41, 5.74) is 3.40. The van der Waals surface area contributed by atoms with Gasteiger partial charge in [0.15, 0.2) is 0 Å². The van der Waals surface area contributed by atoms with E-state index in [1.165, 1.54) is 5.56 Å². The Balaban J connectivity index is 2.48. The number of benzene rings is 1. The largest absolute Gasteiger partial charge is 0.349 e. The van der Waals surface area contributed by atoms with Gasteiger partial charge in [-0.1, -0.05) is 30.3 Å². The van der Waals surface area contributed by atoms with E-state index >= 15 is 0 Å². The second kappa shape index (κ2) is 4.79. The van der Waals surface area contributed by atoms with Crippen LogP contribution in [0.1, 0.15) is 18.2 Å². The quantitative estimate of drug-likeness (QED) is 0.696. The highest BCUT2D eigenvalue weighted by molar-refractivity contribution is 6.11. The number of hydrogen-bond acceptors (Lipinski definition) is 1. The predicted molar refractivity (Wildman–Crippen MR) is 68.0 cm³/mol. The first kappa shape index (κ1) is 10.7. The molecule has 1 aromatic carbocycles. The van der Waals surface area contributed by atoms with E-state index < -0.39 is 0 Å². The molecule has 2 aromatic rings. The smallest absolute Gasteiger partial charge is 0.0883 e. The fraction of sp³-hybridized carbons (Fsp3) is 0.214. The minimum absolute atomic E-state index is 0.801. The maximum absolute atomic E-state index is 4.59. The lowest BCUT2D eigenvalue weighted by Crippen LogP contribution is -2.08. The highest BCUT2D eigenvalue weighted by Gasteiger charge is 2.08. The van der Waals surface area contributed by atoms with Crippen LogP contribution in [0.3, 0.4) is 0 Å². The summed E-state index contributed by atoms with van der Waals surface area (Å²) in [5, 5.41) is 0. The van der Waals surface area contributed by atoms with Crippen molar-refractivity contribution >= 4 is 5.71 Å². The van der Waals surface area contributed by atoms with E-state index in [0.717, 1.165) is 18.0 Å². The molecule has 0 bridgehead atoms. The summed E-state index contributed by atoms with van der Waals surface area (Å²) in [6, 6.07) is 14.5. The minimum Gasteiger partial charge on any atom is -0.349 e. The van der Waals surface area contributed by atoms with Gasteiger partial charge in [-0.25, -0.2) is 0 Å². The molecule has 0 radical (unpaired) electrons. The van der Waals surface area contributed by atoms with Gasteiger partial charge in [0.1, 0.15) is 0 Å². The fourth-order valence-electron chi connectivity index (χ4n) is 1.78. The molecule has 16 heavy (non-hydrogen) atoms. The highest BCUT2D eigenvalue weighted by atomic mass is 14.9. The lowest BCUT2D eigenvalue weighted by molar-refractivity contribution is 0.912. The average molecular weight is 212 g/mol. The Labute approximate surface area is 96.3 Å². The molecule has 2 rings (SSSR count). The second-order valence-corrected chi connectivity index (χ2v) is 3.69. The molecule has 0 unspecified atom stereocenters. The van der Waals surface area contributed by atoms with Gasteiger partial charge in [0.2, 0.25) is 0 Å². The molecule has 0 aliphatic carbocycles. The molecule has 1 heterocycles. The van der Waals surface area contributed by atoms with Crippen LogP contribution >= 0.6 is 0 Å². The fourth-order valence-corrected chi connectivity index (χ4v) is 1.78. The van der Waals surface area contributed by atoms with Crippen LogP contribution in [0, 0.1) is 0 Å². The Morgan fingerprint density at radius 2 is 1.88 bits per heavy atom. The monoisotopic (exact) mass is 212 g/mol. The van der Waals surface area contributed by atoms with Gasteiger partial charge in [0, 0.05) is 25.4 Å². The summed E-state index contributed by atoms with van der Waals surface area (Å²) >= 11 is 0. The molecule has 0 N–H and O–H groups in total. The third-order valence-electron chi connectivity index (χ3n) is 2.55. The van der Waals surface area contributed by atoms with Gasteiger partial charge in [-0.2, -0.15) is 0 Å². The molecule has 0 saturated heterocycles. The Bertz CT molecular complexity index is 480. The van der Waals surface area contributed by atoms with Crippen LogP contribution in [0.25, 0.3) is 0 Å². The van der Waals surface area contributed by atoms with E-state index in [9.17, 15) is 0 Å². The minimum atomic E-state index is 0.801. The van der Waals surface area contributed by atoms with Crippen molar-refractivity contribution in [2.45, 2.75) is 6.92 Å². The molecular weight excluding hydrogens is 196 g/mol. The normalized spacial score (nSPS) is 11.8. The van der Waals surface area contributed by atoms with Crippen molar-refractivity contribution in [2.75, 3.05) is 6.54 Å². The maximum Gasteiger partial charge on any atom is 0.0883 e. The number of aliphatic imine (C=N–C) groups is 1. The highest BCUT2D eigenvalue weighted by Crippen LogP contribution is 2.11. The number of nitrogens with zero attached hydrogens (tertiary/aromatic N) is 2. The lowest BCUT2D eigenvalue weighted by atomic mass is 10.1. The molecule has 1 aromatic heterocycles. The Kier molecular flexibility index (Phi) is 3.20. The molecule has 0 amide bonds. The van der Waals surface area contributed by atoms with Crippen LogP contribution in [-0.4, -0.2) is 16.8 Å². The van der Waals surface area contributed by atoms with Gasteiger partial charge in [0.25, 0.3) is 0 Å². The number of aryl methyl sites for hydroxylation is 1. The summed E-state index contributed by atoms with van der Waals surface area (Å²) in [6.07, 6.45) is 2.05. The zero-order valence-electron chi connectivity index (χ0n) is 9.72. The van der Waals surface area contributed by atoms with E-state index in [0.29, 0.717) is 0 Å². The SMILES string of the molecule is CCN=C(c1ccccc1)c1cccn1C. The summed E-state index contributed by atoms with van der Waals surface area (Å²) in [6.45, 7) is 2.86. The second-order valence-electron chi connectivity index (χ2n) is 3.69. The van der Waals surface area contributed by atoms with Crippen molar-refractivity contribution < 1.29 is 0 Å². The first-order valence-corrected chi connectivity index (χ1v) is 5.54. The molecule has 0 fully saturated rings. The average Bonchev–Trinajstić information content (AvgIpc) is 2.73. The molecule has 0 atom stereocenters. The topological polar surface area (TPSA) is 17.3 Å². The summed E-state index contributed by atoms with van der Waals surface area (Å²) in [5.74, 6) is 0. The van der Waals surface area contributed by atoms with Crippen LogP contribution < -0.4 is 0 Å². The van der Waals surface area contributed by atoms with Crippen molar-refractivity contribution in [3.8, 4) is 0 Å². The number of rotatable bonds is 3. The van der Waals surface area contributed by atoms with Crippen molar-refractivity contribution in [3.05, 3.63) is 59.9 Å². The summed E-state index contributed by atoms with van der Waals surface area (Å²) in [7, 11) is 2.05. The standard InChI is InChI=1S/C14H16N2/c1-3-15-14(12-8-5-4-6-9-12)13-10-7-11-16(13)2/h4-11H,3H2,1-2H3. The summed E-state index contributed by atoms with van der Waals surface area (Å²) < 4.78 is 2.10. The third kappa shape index (κ3) is 2.06. The van der Waals surface area contributed by atoms with Crippen molar-refractivity contribution in [1.82, 2.24) is 4.57 Å². The van der Waals surface area contributed by atoms with Crippen LogP contribution in [0.5, 0.6) is 0 Å². The molecule has 82 valence electrons. The van der Waals surface area contributed by atoms with E-state index in [1.807, 2.05) is 37.5 Å². The first-order chi connectivity index (χ1) is 7.83.